The summed E-state index contributed by atoms with van der Waals surface area (Å²) in [6.07, 6.45) is 0. The van der Waals surface area contributed by atoms with Gasteiger partial charge in [-0.05, 0) is 44.5 Å². The van der Waals surface area contributed by atoms with Crippen molar-refractivity contribution in [2.45, 2.75) is 25.8 Å². The highest BCUT2D eigenvalue weighted by molar-refractivity contribution is 8.00. The molecule has 0 unspecified atom stereocenters. The van der Waals surface area contributed by atoms with Gasteiger partial charge in [0.25, 0.3) is 0 Å². The Balaban J connectivity index is 2.09. The number of thioether (sulfide) groups is 1. The van der Waals surface area contributed by atoms with Gasteiger partial charge in [0.1, 0.15) is 16.9 Å². The third-order valence-electron chi connectivity index (χ3n) is 3.59. The maximum Gasteiger partial charge on any atom is 0.340 e. The second-order valence-electron chi connectivity index (χ2n) is 5.61. The smallest absolute Gasteiger partial charge is 0.340 e. The molecule has 1 aromatic heterocycles. The number of ether oxygens (including phenoxy) is 1. The Labute approximate surface area is 160 Å². The van der Waals surface area contributed by atoms with E-state index in [9.17, 15) is 19.2 Å². The maximum absolute atomic E-state index is 13.5. The number of benzene rings is 1. The molecule has 0 fully saturated rings. The Morgan fingerprint density at radius 2 is 2.07 bits per heavy atom. The van der Waals surface area contributed by atoms with E-state index in [1.807, 2.05) is 6.07 Å². The molecule has 0 spiro atoms. The fraction of sp³-hybridized carbons (Fsp3) is 0.263. The van der Waals surface area contributed by atoms with Crippen molar-refractivity contribution < 1.29 is 18.7 Å². The van der Waals surface area contributed by atoms with Gasteiger partial charge in [-0.15, -0.1) is 0 Å². The number of amides is 1. The summed E-state index contributed by atoms with van der Waals surface area (Å²) in [6, 6.07) is 7.82. The number of carbonyl (C=O) groups excluding carboxylic acids is 2. The van der Waals surface area contributed by atoms with Crippen molar-refractivity contribution in [3.63, 3.8) is 0 Å². The molecule has 2 rings (SSSR count). The average molecular weight is 387 g/mol. The molecule has 6 nitrogen and oxygen atoms in total. The molecule has 1 N–H and O–H groups in total. The number of nitrogens with zero attached hydrogens (tertiary/aromatic N) is 2. The Morgan fingerprint density at radius 3 is 2.70 bits per heavy atom. The van der Waals surface area contributed by atoms with E-state index in [-0.39, 0.29) is 29.4 Å². The minimum Gasteiger partial charge on any atom is -0.462 e. The van der Waals surface area contributed by atoms with Crippen LogP contribution in [0, 0.1) is 31.0 Å². The summed E-state index contributed by atoms with van der Waals surface area (Å²) in [5.74, 6) is -1.33. The number of halogens is 1. The number of rotatable bonds is 6. The van der Waals surface area contributed by atoms with Crippen molar-refractivity contribution in [1.82, 2.24) is 4.98 Å². The normalized spacial score (nSPS) is 10.2. The summed E-state index contributed by atoms with van der Waals surface area (Å²) < 4.78 is 18.5. The second-order valence-corrected chi connectivity index (χ2v) is 6.57. The number of hydrogen-bond acceptors (Lipinski definition) is 6. The Hall–Kier alpha value is -2.92. The lowest BCUT2D eigenvalue weighted by molar-refractivity contribution is -0.113. The van der Waals surface area contributed by atoms with Gasteiger partial charge < -0.3 is 10.1 Å². The van der Waals surface area contributed by atoms with Gasteiger partial charge >= 0.3 is 5.97 Å². The van der Waals surface area contributed by atoms with Gasteiger partial charge in [0.15, 0.2) is 0 Å². The van der Waals surface area contributed by atoms with E-state index in [1.54, 1.807) is 32.9 Å². The number of pyridine rings is 1. The monoisotopic (exact) mass is 387 g/mol. The highest BCUT2D eigenvalue weighted by Crippen LogP contribution is 2.24. The third-order valence-corrected chi connectivity index (χ3v) is 4.58. The van der Waals surface area contributed by atoms with Gasteiger partial charge in [-0.1, -0.05) is 17.8 Å². The summed E-state index contributed by atoms with van der Waals surface area (Å²) in [5, 5.41) is 12.2. The van der Waals surface area contributed by atoms with Crippen LogP contribution in [-0.4, -0.2) is 29.2 Å². The van der Waals surface area contributed by atoms with Crippen LogP contribution in [0.4, 0.5) is 10.1 Å². The minimum absolute atomic E-state index is 0.0185. The molecule has 8 heteroatoms. The molecular weight excluding hydrogens is 369 g/mol. The summed E-state index contributed by atoms with van der Waals surface area (Å²) in [7, 11) is 0. The maximum atomic E-state index is 13.5. The number of nitrogens with one attached hydrogen (secondary N) is 1. The van der Waals surface area contributed by atoms with Crippen molar-refractivity contribution in [2.24, 2.45) is 0 Å². The molecule has 0 atom stereocenters. The SMILES string of the molecule is CCOC(=O)c1cc(C#N)c(SCC(=O)Nc2ccc(C)c(F)c2)nc1C. The lowest BCUT2D eigenvalue weighted by Crippen LogP contribution is -2.15. The topological polar surface area (TPSA) is 92.1 Å². The number of aryl methyl sites for hydroxylation is 2. The Morgan fingerprint density at radius 1 is 1.33 bits per heavy atom. The molecule has 0 aliphatic heterocycles. The van der Waals surface area contributed by atoms with E-state index in [4.69, 9.17) is 4.74 Å². The lowest BCUT2D eigenvalue weighted by atomic mass is 10.1. The van der Waals surface area contributed by atoms with Crippen LogP contribution in [0.1, 0.15) is 34.1 Å². The van der Waals surface area contributed by atoms with Gasteiger partial charge in [-0.2, -0.15) is 5.26 Å². The van der Waals surface area contributed by atoms with Crippen LogP contribution in [-0.2, 0) is 9.53 Å². The number of anilines is 1. The van der Waals surface area contributed by atoms with E-state index in [2.05, 4.69) is 10.3 Å². The minimum atomic E-state index is -0.547. The van der Waals surface area contributed by atoms with E-state index >= 15 is 0 Å². The number of esters is 1. The summed E-state index contributed by atoms with van der Waals surface area (Å²) >= 11 is 1.06. The fourth-order valence-corrected chi connectivity index (χ4v) is 2.99. The van der Waals surface area contributed by atoms with Crippen molar-refractivity contribution in [1.29, 1.82) is 5.26 Å². The van der Waals surface area contributed by atoms with Gasteiger partial charge in [0, 0.05) is 5.69 Å². The highest BCUT2D eigenvalue weighted by atomic mass is 32.2. The largest absolute Gasteiger partial charge is 0.462 e. The third kappa shape index (κ3) is 5.28. The van der Waals surface area contributed by atoms with E-state index in [0.29, 0.717) is 22.0 Å². The molecule has 0 saturated carbocycles. The molecule has 0 saturated heterocycles. The molecule has 0 aliphatic carbocycles. The van der Waals surface area contributed by atoms with E-state index in [1.165, 1.54) is 12.1 Å². The number of carbonyl (C=O) groups is 2. The fourth-order valence-electron chi connectivity index (χ4n) is 2.19. The molecule has 2 aromatic rings. The lowest BCUT2D eigenvalue weighted by Gasteiger charge is -2.10. The Kier molecular flexibility index (Phi) is 6.91. The number of aromatic nitrogens is 1. The molecule has 0 radical (unpaired) electrons. The zero-order valence-corrected chi connectivity index (χ0v) is 15.9. The van der Waals surface area contributed by atoms with Crippen molar-refractivity contribution in [3.05, 3.63) is 52.5 Å². The first-order valence-corrected chi connectivity index (χ1v) is 9.12. The zero-order chi connectivity index (χ0) is 20.0. The zero-order valence-electron chi connectivity index (χ0n) is 15.1. The molecule has 140 valence electrons. The summed E-state index contributed by atoms with van der Waals surface area (Å²) in [4.78, 5) is 28.2. The molecule has 0 bridgehead atoms. The van der Waals surface area contributed by atoms with Crippen LogP contribution in [0.15, 0.2) is 29.3 Å². The molecule has 0 aliphatic rings. The highest BCUT2D eigenvalue weighted by Gasteiger charge is 2.17. The molecule has 1 amide bonds. The predicted molar refractivity (Wildman–Crippen MR) is 100 cm³/mol. The molecule has 1 aromatic carbocycles. The predicted octanol–water partition coefficient (Wildman–Crippen LogP) is 3.62. The molecular formula is C19H18FN3O3S. The van der Waals surface area contributed by atoms with Crippen LogP contribution in [0.2, 0.25) is 0 Å². The van der Waals surface area contributed by atoms with E-state index < -0.39 is 11.8 Å². The number of hydrogen-bond donors (Lipinski definition) is 1. The average Bonchev–Trinajstić information content (AvgIpc) is 2.63. The van der Waals surface area contributed by atoms with Gasteiger partial charge in [-0.3, -0.25) is 4.79 Å². The van der Waals surface area contributed by atoms with E-state index in [0.717, 1.165) is 11.8 Å². The van der Waals surface area contributed by atoms with Crippen LogP contribution in [0.5, 0.6) is 0 Å². The first-order valence-electron chi connectivity index (χ1n) is 8.13. The van der Waals surface area contributed by atoms with Crippen molar-refractivity contribution >= 4 is 29.3 Å². The first-order chi connectivity index (χ1) is 12.8. The first kappa shape index (κ1) is 20.4. The van der Waals surface area contributed by atoms with Crippen LogP contribution in [0.25, 0.3) is 0 Å². The van der Waals surface area contributed by atoms with Crippen molar-refractivity contribution in [3.8, 4) is 6.07 Å². The summed E-state index contributed by atoms with van der Waals surface area (Å²) in [5.41, 5.74) is 1.66. The van der Waals surface area contributed by atoms with Gasteiger partial charge in [0.05, 0.1) is 29.2 Å². The second kappa shape index (κ2) is 9.14. The summed E-state index contributed by atoms with van der Waals surface area (Å²) in [6.45, 7) is 5.17. The molecule has 27 heavy (non-hydrogen) atoms. The van der Waals surface area contributed by atoms with Gasteiger partial charge in [0.2, 0.25) is 5.91 Å². The van der Waals surface area contributed by atoms with Crippen molar-refractivity contribution in [2.75, 3.05) is 17.7 Å². The molecule has 1 heterocycles. The van der Waals surface area contributed by atoms with Crippen LogP contribution >= 0.6 is 11.8 Å². The van der Waals surface area contributed by atoms with Crippen LogP contribution in [0.3, 0.4) is 0 Å². The van der Waals surface area contributed by atoms with Gasteiger partial charge in [-0.25, -0.2) is 14.2 Å². The Bertz CT molecular complexity index is 925. The van der Waals surface area contributed by atoms with Crippen LogP contribution < -0.4 is 5.32 Å². The number of nitriles is 1. The quantitative estimate of drug-likeness (QED) is 0.601. The standard InChI is InChI=1S/C19H18FN3O3S/c1-4-26-19(25)15-7-13(9-21)18(22-12(15)3)27-10-17(24)23-14-6-5-11(2)16(20)8-14/h5-8H,4,10H2,1-3H3,(H,23,24).